The lowest BCUT2D eigenvalue weighted by atomic mass is 9.97. The number of rotatable bonds is 4. The van der Waals surface area contributed by atoms with E-state index in [9.17, 15) is 4.79 Å². The van der Waals surface area contributed by atoms with Crippen LogP contribution in [0.2, 0.25) is 0 Å². The highest BCUT2D eigenvalue weighted by Crippen LogP contribution is 2.32. The maximum absolute atomic E-state index is 12.5. The molecule has 1 aliphatic heterocycles. The van der Waals surface area contributed by atoms with E-state index in [0.29, 0.717) is 15.9 Å². The van der Waals surface area contributed by atoms with Crippen molar-refractivity contribution in [2.24, 2.45) is 0 Å². The Morgan fingerprint density at radius 3 is 2.62 bits per heavy atom. The Bertz CT molecular complexity index is 859. The third-order valence-electron chi connectivity index (χ3n) is 4.24. The minimum atomic E-state index is -0.147. The zero-order valence-corrected chi connectivity index (χ0v) is 16.4. The largest absolute Gasteiger partial charge is 0.317 e. The van der Waals surface area contributed by atoms with Gasteiger partial charge in [-0.3, -0.25) is 10.1 Å². The number of halogens is 1. The summed E-state index contributed by atoms with van der Waals surface area (Å²) in [6.45, 7) is 2.10. The zero-order valence-electron chi connectivity index (χ0n) is 14.0. The number of nitrogens with one attached hydrogen (secondary N) is 2. The van der Waals surface area contributed by atoms with Crippen LogP contribution in [0.4, 0.5) is 5.13 Å². The second-order valence-corrected chi connectivity index (χ2v) is 8.03. The van der Waals surface area contributed by atoms with Crippen molar-refractivity contribution in [1.82, 2.24) is 15.3 Å². The fourth-order valence-corrected chi connectivity index (χ4v) is 4.69. The van der Waals surface area contributed by atoms with Crippen LogP contribution in [0.25, 0.3) is 10.6 Å². The smallest absolute Gasteiger partial charge is 0.269 e. The van der Waals surface area contributed by atoms with E-state index in [1.807, 2.05) is 36.5 Å². The van der Waals surface area contributed by atoms with Gasteiger partial charge in [-0.05, 0) is 31.8 Å². The summed E-state index contributed by atoms with van der Waals surface area (Å²) in [5.41, 5.74) is 1.02. The van der Waals surface area contributed by atoms with Gasteiger partial charge >= 0.3 is 0 Å². The van der Waals surface area contributed by atoms with Crippen molar-refractivity contribution in [2.45, 2.75) is 18.8 Å². The highest BCUT2D eigenvalue weighted by atomic mass is 35.5. The van der Waals surface area contributed by atoms with Gasteiger partial charge in [-0.2, -0.15) is 0 Å². The molecule has 1 amide bonds. The molecule has 3 aromatic rings. The van der Waals surface area contributed by atoms with Crippen molar-refractivity contribution in [3.8, 4) is 10.6 Å². The molecule has 0 unspecified atom stereocenters. The van der Waals surface area contributed by atoms with Gasteiger partial charge in [0.15, 0.2) is 5.13 Å². The van der Waals surface area contributed by atoms with Crippen LogP contribution in [-0.4, -0.2) is 29.0 Å². The van der Waals surface area contributed by atoms with Crippen molar-refractivity contribution < 1.29 is 4.79 Å². The molecule has 26 heavy (non-hydrogen) atoms. The summed E-state index contributed by atoms with van der Waals surface area (Å²) in [6.07, 6.45) is 5.79. The SMILES string of the molecule is Cl.O=C(Nc1ncc(C2CCNCC2)s1)c1cnc(-c2ccccc2)s1. The Morgan fingerprint density at radius 2 is 1.85 bits per heavy atom. The Labute approximate surface area is 166 Å². The minimum absolute atomic E-state index is 0. The van der Waals surface area contributed by atoms with Crippen LogP contribution in [0.3, 0.4) is 0 Å². The molecule has 4 rings (SSSR count). The molecule has 2 N–H and O–H groups in total. The summed E-state index contributed by atoms with van der Waals surface area (Å²) in [4.78, 5) is 23.0. The van der Waals surface area contributed by atoms with E-state index in [0.717, 1.165) is 36.5 Å². The summed E-state index contributed by atoms with van der Waals surface area (Å²) in [5, 5.41) is 7.78. The first kappa shape index (κ1) is 19.0. The van der Waals surface area contributed by atoms with E-state index in [2.05, 4.69) is 20.6 Å². The van der Waals surface area contributed by atoms with E-state index in [1.54, 1.807) is 17.5 Å². The van der Waals surface area contributed by atoms with Gasteiger partial charge < -0.3 is 5.32 Å². The van der Waals surface area contributed by atoms with Gasteiger partial charge in [0.1, 0.15) is 9.88 Å². The number of hydrogen-bond acceptors (Lipinski definition) is 6. The highest BCUT2D eigenvalue weighted by molar-refractivity contribution is 7.17. The number of thiazole rings is 2. The molecule has 8 heteroatoms. The van der Waals surface area contributed by atoms with Crippen molar-refractivity contribution in [3.63, 3.8) is 0 Å². The fraction of sp³-hybridized carbons (Fsp3) is 0.278. The van der Waals surface area contributed by atoms with Crippen LogP contribution < -0.4 is 10.6 Å². The third-order valence-corrected chi connectivity index (χ3v) is 6.36. The second kappa shape index (κ2) is 8.73. The number of piperidine rings is 1. The molecule has 5 nitrogen and oxygen atoms in total. The van der Waals surface area contributed by atoms with Gasteiger partial charge in [-0.1, -0.05) is 30.3 Å². The zero-order chi connectivity index (χ0) is 17.1. The third kappa shape index (κ3) is 4.29. The van der Waals surface area contributed by atoms with Crippen LogP contribution in [0.1, 0.15) is 33.3 Å². The quantitative estimate of drug-likeness (QED) is 0.673. The molecule has 2 aromatic heterocycles. The summed E-state index contributed by atoms with van der Waals surface area (Å²) in [7, 11) is 0. The van der Waals surface area contributed by atoms with E-state index in [4.69, 9.17) is 0 Å². The van der Waals surface area contributed by atoms with Crippen LogP contribution in [-0.2, 0) is 0 Å². The Hall–Kier alpha value is -1.80. The van der Waals surface area contributed by atoms with Crippen LogP contribution >= 0.6 is 35.1 Å². The molecule has 0 saturated carbocycles. The number of amides is 1. The first-order valence-electron chi connectivity index (χ1n) is 8.28. The molecule has 1 aliphatic rings. The van der Waals surface area contributed by atoms with Crippen molar-refractivity contribution in [2.75, 3.05) is 18.4 Å². The van der Waals surface area contributed by atoms with Crippen molar-refractivity contribution >= 4 is 46.1 Å². The molecule has 0 radical (unpaired) electrons. The standard InChI is InChI=1S/C18H18N4OS2.ClH/c23-16(15-11-20-17(24-15)13-4-2-1-3-5-13)22-18-21-10-14(25-18)12-6-8-19-9-7-12;/h1-5,10-12,19H,6-9H2,(H,21,22,23);1H. The van der Waals surface area contributed by atoms with E-state index in [1.165, 1.54) is 16.2 Å². The molecule has 1 saturated heterocycles. The molecule has 0 atom stereocenters. The lowest BCUT2D eigenvalue weighted by Gasteiger charge is -2.20. The van der Waals surface area contributed by atoms with Crippen LogP contribution in [0.5, 0.6) is 0 Å². The van der Waals surface area contributed by atoms with Crippen molar-refractivity contribution in [3.05, 3.63) is 52.5 Å². The molecular formula is C18H19ClN4OS2. The monoisotopic (exact) mass is 406 g/mol. The summed E-state index contributed by atoms with van der Waals surface area (Å²) >= 11 is 2.97. The maximum atomic E-state index is 12.5. The summed E-state index contributed by atoms with van der Waals surface area (Å²) in [6, 6.07) is 9.88. The van der Waals surface area contributed by atoms with Crippen LogP contribution in [0, 0.1) is 0 Å². The highest BCUT2D eigenvalue weighted by Gasteiger charge is 2.19. The van der Waals surface area contributed by atoms with Gasteiger partial charge in [0.25, 0.3) is 5.91 Å². The van der Waals surface area contributed by atoms with Gasteiger partial charge in [0, 0.05) is 16.6 Å². The number of hydrogen-bond donors (Lipinski definition) is 2. The summed E-state index contributed by atoms with van der Waals surface area (Å²) < 4.78 is 0. The van der Waals surface area contributed by atoms with Crippen molar-refractivity contribution in [1.29, 1.82) is 0 Å². The lowest BCUT2D eigenvalue weighted by molar-refractivity contribution is 0.103. The van der Waals surface area contributed by atoms with E-state index in [-0.39, 0.29) is 18.3 Å². The summed E-state index contributed by atoms with van der Waals surface area (Å²) in [5.74, 6) is 0.406. The Morgan fingerprint density at radius 1 is 1.08 bits per heavy atom. The molecule has 0 aliphatic carbocycles. The first-order chi connectivity index (χ1) is 12.3. The topological polar surface area (TPSA) is 66.9 Å². The minimum Gasteiger partial charge on any atom is -0.317 e. The lowest BCUT2D eigenvalue weighted by Crippen LogP contribution is -2.26. The first-order valence-corrected chi connectivity index (χ1v) is 9.92. The van der Waals surface area contributed by atoms with E-state index >= 15 is 0 Å². The molecular weight excluding hydrogens is 388 g/mol. The average Bonchev–Trinajstić information content (AvgIpc) is 3.33. The molecule has 3 heterocycles. The van der Waals surface area contributed by atoms with Crippen LogP contribution in [0.15, 0.2) is 42.7 Å². The fourth-order valence-electron chi connectivity index (χ4n) is 2.89. The molecule has 1 fully saturated rings. The number of nitrogens with zero attached hydrogens (tertiary/aromatic N) is 2. The number of anilines is 1. The second-order valence-electron chi connectivity index (χ2n) is 5.94. The maximum Gasteiger partial charge on any atom is 0.269 e. The Balaban J connectivity index is 0.00000196. The molecule has 136 valence electrons. The molecule has 0 spiro atoms. The number of aromatic nitrogens is 2. The number of carbonyl (C=O) groups is 1. The van der Waals surface area contributed by atoms with Gasteiger partial charge in [-0.25, -0.2) is 9.97 Å². The predicted octanol–water partition coefficient (Wildman–Crippen LogP) is 4.41. The average molecular weight is 407 g/mol. The molecule has 1 aromatic carbocycles. The van der Waals surface area contributed by atoms with Gasteiger partial charge in [0.05, 0.1) is 6.20 Å². The Kier molecular flexibility index (Phi) is 6.37. The van der Waals surface area contributed by atoms with E-state index < -0.39 is 0 Å². The number of carbonyl (C=O) groups excluding carboxylic acids is 1. The van der Waals surface area contributed by atoms with Gasteiger partial charge in [-0.15, -0.1) is 35.1 Å². The van der Waals surface area contributed by atoms with Gasteiger partial charge in [0.2, 0.25) is 0 Å². The normalized spacial score (nSPS) is 14.6. The predicted molar refractivity (Wildman–Crippen MR) is 110 cm³/mol. The molecule has 0 bridgehead atoms. The number of benzene rings is 1.